The number of hydrogen-bond donors (Lipinski definition) is 4. The van der Waals surface area contributed by atoms with Gasteiger partial charge in [0.05, 0.1) is 19.2 Å². The number of benzene rings is 2. The Balaban J connectivity index is 0.000000198. The topological polar surface area (TPSA) is 211 Å². The molecule has 18 nitrogen and oxygen atoms in total. The van der Waals surface area contributed by atoms with Gasteiger partial charge in [-0.25, -0.2) is 37.9 Å². The van der Waals surface area contributed by atoms with E-state index in [-0.39, 0.29) is 42.2 Å². The highest BCUT2D eigenvalue weighted by atomic mass is 19.1. The third-order valence-corrected chi connectivity index (χ3v) is 10.2. The van der Waals surface area contributed by atoms with E-state index in [1.807, 2.05) is 36.1 Å². The molecule has 7 rings (SSSR count). The lowest BCUT2D eigenvalue weighted by Crippen LogP contribution is -2.63. The lowest BCUT2D eigenvalue weighted by atomic mass is 10.1. The standard InChI is InChI=1S/C22H31FN6O2.C12H14FN3.C11H16N2O5/c1-22(2,3)27-21(31)29-11-10-24-13-19(29)20(30)26-9-8-18-12-25-15-28(18)14-16-4-6-17(23)7-5-16;13-11-3-1-10(2-4-11)8-16-9-15-7-12(16)5-6-14;1-11(2,3)18-9(15)12-4-5-13-7(6-12)8(14)17-10(13)16/h4-7,12,15,19,24H,8-11,13-14H2,1-3H3,(H,26,30)(H,27,31);1-4,7,9H,5-6,8,14H2;7H,4-6H2,1-3H3/t19-;;7-/m1.1/s1. The summed E-state index contributed by atoms with van der Waals surface area (Å²) >= 11 is 0. The number of nitrogens with zero attached hydrogens (tertiary/aromatic N) is 7. The van der Waals surface area contributed by atoms with E-state index in [4.69, 9.17) is 10.5 Å². The molecule has 0 aliphatic carbocycles. The number of nitrogens with two attached hydrogens (primary N) is 1. The van der Waals surface area contributed by atoms with Gasteiger partial charge in [-0.3, -0.25) is 9.69 Å². The van der Waals surface area contributed by atoms with E-state index in [9.17, 15) is 32.8 Å². The zero-order valence-electron chi connectivity index (χ0n) is 37.9. The number of imidazole rings is 2. The predicted molar refractivity (Wildman–Crippen MR) is 236 cm³/mol. The normalized spacial score (nSPS) is 17.2. The summed E-state index contributed by atoms with van der Waals surface area (Å²) in [6.45, 7) is 15.7. The van der Waals surface area contributed by atoms with Crippen molar-refractivity contribution in [3.63, 3.8) is 0 Å². The van der Waals surface area contributed by atoms with Gasteiger partial charge in [0, 0.05) is 94.5 Å². The molecule has 65 heavy (non-hydrogen) atoms. The van der Waals surface area contributed by atoms with Gasteiger partial charge in [-0.2, -0.15) is 0 Å². The Morgan fingerprint density at radius 2 is 1.42 bits per heavy atom. The molecule has 352 valence electrons. The minimum Gasteiger partial charge on any atom is -0.444 e. The number of amides is 5. The van der Waals surface area contributed by atoms with Crippen molar-refractivity contribution in [1.82, 2.24) is 49.8 Å². The molecule has 0 saturated carbocycles. The summed E-state index contributed by atoms with van der Waals surface area (Å²) in [6.07, 6.45) is 7.38. The zero-order valence-corrected chi connectivity index (χ0v) is 37.9. The molecule has 3 fully saturated rings. The van der Waals surface area contributed by atoms with E-state index in [0.29, 0.717) is 58.8 Å². The van der Waals surface area contributed by atoms with Crippen LogP contribution in [0.4, 0.5) is 23.2 Å². The molecule has 3 aliphatic rings. The van der Waals surface area contributed by atoms with Gasteiger partial charge >= 0.3 is 24.2 Å². The number of hydrogen-bond acceptors (Lipinski definition) is 11. The highest BCUT2D eigenvalue weighted by Gasteiger charge is 2.46. The second kappa shape index (κ2) is 22.5. The van der Waals surface area contributed by atoms with Crippen LogP contribution in [0.5, 0.6) is 0 Å². The first-order valence-corrected chi connectivity index (χ1v) is 21.5. The fourth-order valence-electron chi connectivity index (χ4n) is 7.03. The summed E-state index contributed by atoms with van der Waals surface area (Å²) in [5.74, 6) is -1.26. The number of halogens is 2. The van der Waals surface area contributed by atoms with Crippen molar-refractivity contribution in [3.05, 3.63) is 108 Å². The number of esters is 1. The number of nitrogens with one attached hydrogen (secondary N) is 3. The number of rotatable bonds is 10. The van der Waals surface area contributed by atoms with Gasteiger partial charge in [-0.15, -0.1) is 0 Å². The average Bonchev–Trinajstić information content (AvgIpc) is 3.97. The summed E-state index contributed by atoms with van der Waals surface area (Å²) in [5, 5.41) is 9.06. The number of aromatic nitrogens is 4. The summed E-state index contributed by atoms with van der Waals surface area (Å²) < 4.78 is 39.6. The van der Waals surface area contributed by atoms with Crippen LogP contribution in [0, 0.1) is 11.6 Å². The Morgan fingerprint density at radius 3 is 1.95 bits per heavy atom. The maximum absolute atomic E-state index is 13.1. The fourth-order valence-corrected chi connectivity index (χ4v) is 7.03. The molecule has 0 radical (unpaired) electrons. The average molecular weight is 906 g/mol. The highest BCUT2D eigenvalue weighted by Crippen LogP contribution is 2.21. The van der Waals surface area contributed by atoms with Crippen LogP contribution in [-0.2, 0) is 45.0 Å². The minimum atomic E-state index is -0.696. The van der Waals surface area contributed by atoms with Gasteiger partial charge in [-0.05, 0) is 83.5 Å². The molecular formula is C45H61F2N11O7. The quantitative estimate of drug-likeness (QED) is 0.133. The summed E-state index contributed by atoms with van der Waals surface area (Å²) in [7, 11) is 0. The van der Waals surface area contributed by atoms with E-state index >= 15 is 0 Å². The third-order valence-electron chi connectivity index (χ3n) is 10.2. The zero-order chi connectivity index (χ0) is 47.3. The Morgan fingerprint density at radius 1 is 0.846 bits per heavy atom. The van der Waals surface area contributed by atoms with Gasteiger partial charge in [0.25, 0.3) is 0 Å². The van der Waals surface area contributed by atoms with Crippen LogP contribution in [0.25, 0.3) is 0 Å². The van der Waals surface area contributed by atoms with E-state index in [2.05, 4.69) is 30.7 Å². The second-order valence-electron chi connectivity index (χ2n) is 17.8. The molecule has 5 N–H and O–H groups in total. The second-order valence-corrected chi connectivity index (χ2v) is 17.8. The van der Waals surface area contributed by atoms with Crippen molar-refractivity contribution >= 4 is 30.1 Å². The van der Waals surface area contributed by atoms with Gasteiger partial charge < -0.3 is 50.1 Å². The first-order valence-electron chi connectivity index (χ1n) is 21.5. The Kier molecular flexibility index (Phi) is 17.1. The Labute approximate surface area is 377 Å². The molecule has 20 heteroatoms. The lowest BCUT2D eigenvalue weighted by Gasteiger charge is -2.37. The molecular weight excluding hydrogens is 845 g/mol. The number of carbonyl (C=O) groups excluding carboxylic acids is 5. The number of ether oxygens (including phenoxy) is 2. The van der Waals surface area contributed by atoms with E-state index in [1.54, 1.807) is 68.8 Å². The highest BCUT2D eigenvalue weighted by molar-refractivity contribution is 5.96. The van der Waals surface area contributed by atoms with Gasteiger partial charge in [0.2, 0.25) is 5.91 Å². The Bertz CT molecular complexity index is 2220. The SMILES string of the molecule is CC(C)(C)NC(=O)N1CCNC[C@@H]1C(=O)NCCc1cncn1Cc1ccc(F)cc1.CC(C)(C)OC(=O)N1CCN2C(=O)OC(=O)[C@H]2C1.NCCc1cncn1Cc1ccc(F)cc1. The van der Waals surface area contributed by atoms with Gasteiger partial charge in [0.1, 0.15) is 23.3 Å². The van der Waals surface area contributed by atoms with Crippen molar-refractivity contribution < 1.29 is 42.2 Å². The molecule has 0 bridgehead atoms. The largest absolute Gasteiger partial charge is 0.444 e. The van der Waals surface area contributed by atoms with Crippen molar-refractivity contribution in [3.8, 4) is 0 Å². The predicted octanol–water partition coefficient (Wildman–Crippen LogP) is 3.67. The van der Waals surface area contributed by atoms with Crippen LogP contribution in [0.15, 0.2) is 73.6 Å². The van der Waals surface area contributed by atoms with Crippen molar-refractivity contribution in [1.29, 1.82) is 0 Å². The van der Waals surface area contributed by atoms with Crippen molar-refractivity contribution in [2.75, 3.05) is 52.4 Å². The van der Waals surface area contributed by atoms with Crippen LogP contribution in [0.3, 0.4) is 0 Å². The van der Waals surface area contributed by atoms with Crippen molar-refractivity contribution in [2.24, 2.45) is 5.73 Å². The number of urea groups is 1. The van der Waals surface area contributed by atoms with Gasteiger partial charge in [0.15, 0.2) is 6.04 Å². The first kappa shape index (κ1) is 49.6. The molecule has 0 spiro atoms. The van der Waals surface area contributed by atoms with Crippen LogP contribution >= 0.6 is 0 Å². The molecule has 3 aliphatic heterocycles. The fraction of sp³-hybridized carbons (Fsp3) is 0.489. The molecule has 2 aromatic heterocycles. The molecule has 5 amide bonds. The number of carbonyl (C=O) groups is 5. The molecule has 2 atom stereocenters. The molecule has 2 aromatic carbocycles. The molecule has 3 saturated heterocycles. The van der Waals surface area contributed by atoms with E-state index in [1.165, 1.54) is 34.1 Å². The number of piperazine rings is 2. The molecule has 0 unspecified atom stereocenters. The van der Waals surface area contributed by atoms with Gasteiger partial charge in [-0.1, -0.05) is 24.3 Å². The Hall–Kier alpha value is -6.41. The smallest absolute Gasteiger partial charge is 0.418 e. The molecule has 5 heterocycles. The van der Waals surface area contributed by atoms with E-state index in [0.717, 1.165) is 28.9 Å². The third kappa shape index (κ3) is 15.1. The lowest BCUT2D eigenvalue weighted by molar-refractivity contribution is -0.136. The summed E-state index contributed by atoms with van der Waals surface area (Å²) in [4.78, 5) is 72.5. The summed E-state index contributed by atoms with van der Waals surface area (Å²) in [5.41, 5.74) is 8.65. The molecule has 4 aromatic rings. The van der Waals surface area contributed by atoms with Crippen LogP contribution in [0.1, 0.15) is 64.1 Å². The maximum atomic E-state index is 13.1. The summed E-state index contributed by atoms with van der Waals surface area (Å²) in [6, 6.07) is 11.4. The van der Waals surface area contributed by atoms with Crippen LogP contribution < -0.4 is 21.7 Å². The monoisotopic (exact) mass is 905 g/mol. The minimum absolute atomic E-state index is 0.124. The number of cyclic esters (lactones) is 2. The first-order chi connectivity index (χ1) is 30.8. The van der Waals surface area contributed by atoms with Crippen molar-refractivity contribution in [2.45, 2.75) is 90.7 Å². The van der Waals surface area contributed by atoms with Crippen LogP contribution in [-0.4, -0.2) is 139 Å². The maximum Gasteiger partial charge on any atom is 0.418 e. The van der Waals surface area contributed by atoms with Crippen LogP contribution in [0.2, 0.25) is 0 Å². The van der Waals surface area contributed by atoms with E-state index < -0.39 is 35.8 Å². The number of fused-ring (bicyclic) bond motifs is 1.